The molecule has 5 N–H and O–H groups in total. The summed E-state index contributed by atoms with van der Waals surface area (Å²) in [5, 5.41) is 14.7. The maximum absolute atomic E-state index is 12.1. The van der Waals surface area contributed by atoms with Gasteiger partial charge in [0, 0.05) is 13.0 Å². The first kappa shape index (κ1) is 29.4. The van der Waals surface area contributed by atoms with E-state index in [4.69, 9.17) is 5.73 Å². The van der Waals surface area contributed by atoms with Gasteiger partial charge in [-0.1, -0.05) is 78.6 Å². The first-order chi connectivity index (χ1) is 14.8. The number of carbonyl (C=O) groups excluding carboxylic acids is 2. The summed E-state index contributed by atoms with van der Waals surface area (Å²) in [6.07, 6.45) is 14.3. The van der Waals surface area contributed by atoms with E-state index in [2.05, 4.69) is 17.6 Å². The van der Waals surface area contributed by atoms with Gasteiger partial charge in [0.05, 0.1) is 6.04 Å². The van der Waals surface area contributed by atoms with Crippen molar-refractivity contribution in [3.63, 3.8) is 0 Å². The van der Waals surface area contributed by atoms with Crippen molar-refractivity contribution in [3.8, 4) is 0 Å². The number of nitrogens with two attached hydrogens (primary N) is 1. The highest BCUT2D eigenvalue weighted by molar-refractivity contribution is 5.86. The lowest BCUT2D eigenvalue weighted by molar-refractivity contribution is -0.143. The van der Waals surface area contributed by atoms with E-state index in [9.17, 15) is 19.5 Å². The van der Waals surface area contributed by atoms with Crippen LogP contribution in [0, 0.1) is 5.92 Å². The number of hydrogen-bond donors (Lipinski definition) is 4. The second kappa shape index (κ2) is 19.1. The zero-order chi connectivity index (χ0) is 23.5. The minimum Gasteiger partial charge on any atom is -0.480 e. The van der Waals surface area contributed by atoms with Crippen LogP contribution < -0.4 is 16.4 Å². The van der Waals surface area contributed by atoms with E-state index in [0.29, 0.717) is 32.2 Å². The standard InChI is InChI=1S/C24H47N3O4/c1-4-6-7-8-9-10-11-12-13-17-21(28)26-18-15-14-16-20(25)23(29)27-22(24(30)31)19(3)5-2/h19-20,22H,4-18,25H2,1-3H3,(H,26,28)(H,27,29)(H,30,31)/t19-,20-,22-/m0/s1. The number of unbranched alkanes of at least 4 members (excludes halogenated alkanes) is 9. The average Bonchev–Trinajstić information content (AvgIpc) is 2.74. The maximum Gasteiger partial charge on any atom is 0.326 e. The number of carboxylic acid groups (broad SMARTS) is 1. The highest BCUT2D eigenvalue weighted by Gasteiger charge is 2.27. The van der Waals surface area contributed by atoms with Crippen molar-refractivity contribution in [2.24, 2.45) is 11.7 Å². The Morgan fingerprint density at radius 2 is 1.45 bits per heavy atom. The lowest BCUT2D eigenvalue weighted by Gasteiger charge is -2.22. The van der Waals surface area contributed by atoms with Gasteiger partial charge in [0.2, 0.25) is 11.8 Å². The second-order valence-electron chi connectivity index (χ2n) is 8.74. The van der Waals surface area contributed by atoms with E-state index in [1.807, 2.05) is 6.92 Å². The first-order valence-electron chi connectivity index (χ1n) is 12.4. The fraction of sp³-hybridized carbons (Fsp3) is 0.875. The molecule has 7 nitrogen and oxygen atoms in total. The van der Waals surface area contributed by atoms with Crippen LogP contribution in [0.3, 0.4) is 0 Å². The van der Waals surface area contributed by atoms with Crippen LogP contribution in [0.5, 0.6) is 0 Å². The van der Waals surface area contributed by atoms with Crippen LogP contribution in [0.15, 0.2) is 0 Å². The van der Waals surface area contributed by atoms with Crippen molar-refractivity contribution in [3.05, 3.63) is 0 Å². The van der Waals surface area contributed by atoms with Crippen molar-refractivity contribution >= 4 is 17.8 Å². The number of nitrogens with one attached hydrogen (secondary N) is 2. The van der Waals surface area contributed by atoms with E-state index < -0.39 is 24.0 Å². The molecule has 0 aliphatic carbocycles. The Labute approximate surface area is 189 Å². The van der Waals surface area contributed by atoms with E-state index in [1.165, 1.54) is 44.9 Å². The molecule has 2 amide bonds. The molecule has 7 heteroatoms. The zero-order valence-electron chi connectivity index (χ0n) is 20.1. The van der Waals surface area contributed by atoms with Crippen molar-refractivity contribution in [2.75, 3.05) is 6.54 Å². The Morgan fingerprint density at radius 3 is 2.00 bits per heavy atom. The minimum atomic E-state index is -1.04. The lowest BCUT2D eigenvalue weighted by Crippen LogP contribution is -2.50. The molecule has 0 aromatic rings. The highest BCUT2D eigenvalue weighted by atomic mass is 16.4. The number of rotatable bonds is 20. The number of carboxylic acids is 1. The normalized spacial score (nSPS) is 13.9. The Morgan fingerprint density at radius 1 is 0.871 bits per heavy atom. The van der Waals surface area contributed by atoms with Gasteiger partial charge in [-0.3, -0.25) is 9.59 Å². The monoisotopic (exact) mass is 441 g/mol. The largest absolute Gasteiger partial charge is 0.480 e. The van der Waals surface area contributed by atoms with Crippen LogP contribution in [-0.4, -0.2) is 41.5 Å². The summed E-state index contributed by atoms with van der Waals surface area (Å²) in [6, 6.07) is -1.65. The quantitative estimate of drug-likeness (QED) is 0.212. The second-order valence-corrected chi connectivity index (χ2v) is 8.74. The summed E-state index contributed by atoms with van der Waals surface area (Å²) < 4.78 is 0. The number of hydrogen-bond acceptors (Lipinski definition) is 4. The lowest BCUT2D eigenvalue weighted by atomic mass is 9.98. The van der Waals surface area contributed by atoms with Crippen LogP contribution in [0.25, 0.3) is 0 Å². The molecule has 0 aromatic heterocycles. The third kappa shape index (κ3) is 15.8. The number of carbonyl (C=O) groups is 3. The fourth-order valence-corrected chi connectivity index (χ4v) is 3.48. The van der Waals surface area contributed by atoms with Gasteiger partial charge >= 0.3 is 5.97 Å². The Kier molecular flexibility index (Phi) is 18.1. The summed E-state index contributed by atoms with van der Waals surface area (Å²) in [4.78, 5) is 35.3. The maximum atomic E-state index is 12.1. The summed E-state index contributed by atoms with van der Waals surface area (Å²) in [6.45, 7) is 6.49. The van der Waals surface area contributed by atoms with Gasteiger partial charge in [0.15, 0.2) is 0 Å². The van der Waals surface area contributed by atoms with E-state index >= 15 is 0 Å². The summed E-state index contributed by atoms with van der Waals surface area (Å²) in [5.74, 6) is -1.54. The van der Waals surface area contributed by atoms with Crippen LogP contribution in [0.2, 0.25) is 0 Å². The zero-order valence-corrected chi connectivity index (χ0v) is 20.1. The topological polar surface area (TPSA) is 122 Å². The molecule has 0 rings (SSSR count). The van der Waals surface area contributed by atoms with Gasteiger partial charge in [0.25, 0.3) is 0 Å². The molecule has 182 valence electrons. The smallest absolute Gasteiger partial charge is 0.326 e. The van der Waals surface area contributed by atoms with Crippen LogP contribution in [-0.2, 0) is 14.4 Å². The molecule has 0 fully saturated rings. The van der Waals surface area contributed by atoms with Crippen molar-refractivity contribution in [1.82, 2.24) is 10.6 Å². The van der Waals surface area contributed by atoms with Crippen LogP contribution >= 0.6 is 0 Å². The summed E-state index contributed by atoms with van der Waals surface area (Å²) in [7, 11) is 0. The molecule has 0 aromatic carbocycles. The molecule has 0 saturated heterocycles. The molecule has 0 unspecified atom stereocenters. The summed E-state index contributed by atoms with van der Waals surface area (Å²) in [5.41, 5.74) is 5.90. The first-order valence-corrected chi connectivity index (χ1v) is 12.4. The van der Waals surface area contributed by atoms with Gasteiger partial charge in [-0.2, -0.15) is 0 Å². The molecule has 0 aliphatic rings. The molecule has 0 heterocycles. The molecule has 0 spiro atoms. The van der Waals surface area contributed by atoms with Gasteiger partial charge in [-0.05, 0) is 31.6 Å². The summed E-state index contributed by atoms with van der Waals surface area (Å²) >= 11 is 0. The molecular weight excluding hydrogens is 394 g/mol. The van der Waals surface area contributed by atoms with Crippen molar-refractivity contribution in [2.45, 2.75) is 123 Å². The number of amides is 2. The molecule has 0 saturated carbocycles. The molecular formula is C24H47N3O4. The number of aliphatic carboxylic acids is 1. The average molecular weight is 442 g/mol. The third-order valence-electron chi connectivity index (χ3n) is 5.89. The Hall–Kier alpha value is -1.63. The molecule has 31 heavy (non-hydrogen) atoms. The van der Waals surface area contributed by atoms with Gasteiger partial charge in [-0.25, -0.2) is 4.79 Å². The molecule has 0 radical (unpaired) electrons. The van der Waals surface area contributed by atoms with Gasteiger partial charge in [0.1, 0.15) is 6.04 Å². The van der Waals surface area contributed by atoms with Gasteiger partial charge < -0.3 is 21.5 Å². The predicted octanol–water partition coefficient (Wildman–Crippen LogP) is 4.14. The SMILES string of the molecule is CCCCCCCCCCCC(=O)NCCCC[C@H](N)C(=O)N[C@H](C(=O)O)[C@@H](C)CC. The van der Waals surface area contributed by atoms with E-state index in [1.54, 1.807) is 6.92 Å². The molecule has 0 aliphatic heterocycles. The highest BCUT2D eigenvalue weighted by Crippen LogP contribution is 2.11. The Balaban J connectivity index is 3.74. The predicted molar refractivity (Wildman–Crippen MR) is 126 cm³/mol. The minimum absolute atomic E-state index is 0.0860. The van der Waals surface area contributed by atoms with Gasteiger partial charge in [-0.15, -0.1) is 0 Å². The molecule has 0 bridgehead atoms. The van der Waals surface area contributed by atoms with Crippen molar-refractivity contribution < 1.29 is 19.5 Å². The molecule has 3 atom stereocenters. The van der Waals surface area contributed by atoms with E-state index in [-0.39, 0.29) is 11.8 Å². The van der Waals surface area contributed by atoms with Crippen LogP contribution in [0.4, 0.5) is 0 Å². The van der Waals surface area contributed by atoms with E-state index in [0.717, 1.165) is 19.3 Å². The van der Waals surface area contributed by atoms with Crippen LogP contribution in [0.1, 0.15) is 111 Å². The fourth-order valence-electron chi connectivity index (χ4n) is 3.48. The van der Waals surface area contributed by atoms with Crippen molar-refractivity contribution in [1.29, 1.82) is 0 Å². The third-order valence-corrected chi connectivity index (χ3v) is 5.89. The Bertz CT molecular complexity index is 499.